The lowest BCUT2D eigenvalue weighted by Crippen LogP contribution is -1.97. The molecule has 22 heavy (non-hydrogen) atoms. The molecule has 0 N–H and O–H groups in total. The lowest BCUT2D eigenvalue weighted by Gasteiger charge is -2.09. The Morgan fingerprint density at radius 1 is 0.955 bits per heavy atom. The van der Waals surface area contributed by atoms with Crippen LogP contribution >= 0.6 is 0 Å². The number of fused-ring (bicyclic) bond motifs is 1. The van der Waals surface area contributed by atoms with E-state index in [4.69, 9.17) is 9.47 Å². The van der Waals surface area contributed by atoms with Gasteiger partial charge in [0.25, 0.3) is 0 Å². The monoisotopic (exact) mass is 297 g/mol. The predicted molar refractivity (Wildman–Crippen MR) is 85.7 cm³/mol. The summed E-state index contributed by atoms with van der Waals surface area (Å²) in [5, 5.41) is 4.61. The molecule has 0 saturated heterocycles. The van der Waals surface area contributed by atoms with Gasteiger partial charge in [0, 0.05) is 17.0 Å². The van der Waals surface area contributed by atoms with Gasteiger partial charge < -0.3 is 9.47 Å². The first-order valence-electron chi connectivity index (χ1n) is 7.11. The quantitative estimate of drug-likeness (QED) is 0.744. The van der Waals surface area contributed by atoms with Gasteiger partial charge in [-0.15, -0.1) is 0 Å². The van der Waals surface area contributed by atoms with Crippen molar-refractivity contribution in [1.29, 1.82) is 0 Å². The smallest absolute Gasteiger partial charge is 0.163 e. The number of nitrogens with zero attached hydrogens (tertiary/aromatic N) is 3. The number of rotatable bonds is 3. The minimum atomic E-state index is 0.697. The normalized spacial score (nSPS) is 11.0. The van der Waals surface area contributed by atoms with Crippen molar-refractivity contribution in [2.45, 2.75) is 20.8 Å². The first-order chi connectivity index (χ1) is 10.5. The molecule has 0 saturated carbocycles. The molecule has 3 rings (SSSR count). The Labute approximate surface area is 129 Å². The van der Waals surface area contributed by atoms with Crippen LogP contribution in [0.5, 0.6) is 11.5 Å². The number of aryl methyl sites for hydroxylation is 3. The van der Waals surface area contributed by atoms with Crippen LogP contribution in [0.1, 0.15) is 17.1 Å². The van der Waals surface area contributed by atoms with Crippen LogP contribution in [-0.4, -0.2) is 28.8 Å². The van der Waals surface area contributed by atoms with Gasteiger partial charge in [-0.1, -0.05) is 6.07 Å². The van der Waals surface area contributed by atoms with Gasteiger partial charge in [0.15, 0.2) is 17.1 Å². The van der Waals surface area contributed by atoms with E-state index >= 15 is 0 Å². The van der Waals surface area contributed by atoms with Crippen molar-refractivity contribution in [2.24, 2.45) is 0 Å². The molecule has 5 nitrogen and oxygen atoms in total. The van der Waals surface area contributed by atoms with Crippen molar-refractivity contribution < 1.29 is 9.47 Å². The zero-order valence-electron chi connectivity index (χ0n) is 13.5. The predicted octanol–water partition coefficient (Wildman–Crippen LogP) is 3.34. The number of hydrogen-bond donors (Lipinski definition) is 0. The summed E-state index contributed by atoms with van der Waals surface area (Å²) in [6, 6.07) is 7.89. The maximum absolute atomic E-state index is 5.40. The molecule has 0 aliphatic rings. The fourth-order valence-electron chi connectivity index (χ4n) is 2.76. The van der Waals surface area contributed by atoms with Gasteiger partial charge in [0.2, 0.25) is 0 Å². The van der Waals surface area contributed by atoms with Crippen molar-refractivity contribution in [3.05, 3.63) is 41.3 Å². The Morgan fingerprint density at radius 3 is 2.36 bits per heavy atom. The van der Waals surface area contributed by atoms with Crippen LogP contribution in [0, 0.1) is 20.8 Å². The summed E-state index contributed by atoms with van der Waals surface area (Å²) in [6.45, 7) is 6.02. The number of aromatic nitrogens is 3. The molecular weight excluding hydrogens is 278 g/mol. The van der Waals surface area contributed by atoms with Crippen LogP contribution in [-0.2, 0) is 0 Å². The fraction of sp³-hybridized carbons (Fsp3) is 0.294. The molecule has 0 spiro atoms. The fourth-order valence-corrected chi connectivity index (χ4v) is 2.76. The maximum Gasteiger partial charge on any atom is 0.163 e. The Balaban J connectivity index is 2.28. The van der Waals surface area contributed by atoms with Gasteiger partial charge in [-0.3, -0.25) is 0 Å². The highest BCUT2D eigenvalue weighted by Crippen LogP contribution is 2.35. The first kappa shape index (κ1) is 14.4. The second-order valence-electron chi connectivity index (χ2n) is 5.30. The van der Waals surface area contributed by atoms with Crippen molar-refractivity contribution in [3.63, 3.8) is 0 Å². The Bertz CT molecular complexity index is 853. The summed E-state index contributed by atoms with van der Waals surface area (Å²) < 4.78 is 12.6. The molecule has 2 heterocycles. The molecule has 0 fully saturated rings. The Kier molecular flexibility index (Phi) is 3.48. The lowest BCUT2D eigenvalue weighted by atomic mass is 10.1. The van der Waals surface area contributed by atoms with E-state index < -0.39 is 0 Å². The Morgan fingerprint density at radius 2 is 1.68 bits per heavy atom. The molecule has 0 amide bonds. The van der Waals surface area contributed by atoms with Gasteiger partial charge in [-0.05, 0) is 44.5 Å². The second kappa shape index (κ2) is 5.33. The molecule has 5 heteroatoms. The summed E-state index contributed by atoms with van der Waals surface area (Å²) in [5.41, 5.74) is 5.88. The molecule has 2 aromatic heterocycles. The highest BCUT2D eigenvalue weighted by atomic mass is 16.5. The number of ether oxygens (including phenoxy) is 2. The van der Waals surface area contributed by atoms with Crippen LogP contribution in [0.3, 0.4) is 0 Å². The van der Waals surface area contributed by atoms with Gasteiger partial charge in [0.1, 0.15) is 0 Å². The number of methoxy groups -OCH3 is 2. The molecule has 1 aromatic carbocycles. The average Bonchev–Trinajstić information content (AvgIpc) is 2.83. The molecule has 0 unspecified atom stereocenters. The molecule has 3 aromatic rings. The molecule has 0 radical (unpaired) electrons. The topological polar surface area (TPSA) is 48.7 Å². The molecular formula is C17H19N3O2. The van der Waals surface area contributed by atoms with Crippen molar-refractivity contribution >= 4 is 5.65 Å². The van der Waals surface area contributed by atoms with Gasteiger partial charge in [0.05, 0.1) is 19.9 Å². The van der Waals surface area contributed by atoms with Crippen LogP contribution in [0.25, 0.3) is 16.8 Å². The van der Waals surface area contributed by atoms with Crippen LogP contribution < -0.4 is 9.47 Å². The third-order valence-corrected chi connectivity index (χ3v) is 3.74. The van der Waals surface area contributed by atoms with E-state index in [-0.39, 0.29) is 0 Å². The molecule has 114 valence electrons. The Hall–Kier alpha value is -2.56. The first-order valence-corrected chi connectivity index (χ1v) is 7.11. The minimum Gasteiger partial charge on any atom is -0.493 e. The zero-order valence-corrected chi connectivity index (χ0v) is 13.5. The van der Waals surface area contributed by atoms with Crippen LogP contribution in [0.2, 0.25) is 0 Å². The summed E-state index contributed by atoms with van der Waals surface area (Å²) >= 11 is 0. The zero-order chi connectivity index (χ0) is 15.9. The molecule has 0 atom stereocenters. The molecule has 0 bridgehead atoms. The third kappa shape index (κ3) is 2.19. The van der Waals surface area contributed by atoms with E-state index in [2.05, 4.69) is 10.1 Å². The summed E-state index contributed by atoms with van der Waals surface area (Å²) in [4.78, 5) is 4.66. The van der Waals surface area contributed by atoms with Crippen molar-refractivity contribution in [2.75, 3.05) is 14.2 Å². The summed E-state index contributed by atoms with van der Waals surface area (Å²) in [5.74, 6) is 1.41. The SMILES string of the molecule is COc1ccc(-c2c(C)nn3c(C)cc(C)nc23)cc1OC. The third-order valence-electron chi connectivity index (χ3n) is 3.74. The van der Waals surface area contributed by atoms with E-state index in [1.165, 1.54) is 0 Å². The maximum atomic E-state index is 5.40. The lowest BCUT2D eigenvalue weighted by molar-refractivity contribution is 0.355. The largest absolute Gasteiger partial charge is 0.493 e. The van der Waals surface area contributed by atoms with E-state index in [1.54, 1.807) is 14.2 Å². The molecule has 0 aliphatic heterocycles. The minimum absolute atomic E-state index is 0.697. The average molecular weight is 297 g/mol. The van der Waals surface area contributed by atoms with E-state index in [1.807, 2.05) is 49.6 Å². The standard InChI is InChI=1S/C17H19N3O2/c1-10-8-11(2)20-17(18-10)16(12(3)19-20)13-6-7-14(21-4)15(9-13)22-5/h6-9H,1-5H3. The highest BCUT2D eigenvalue weighted by Gasteiger charge is 2.16. The van der Waals surface area contributed by atoms with E-state index in [9.17, 15) is 0 Å². The number of benzene rings is 1. The summed E-state index contributed by atoms with van der Waals surface area (Å²) in [6.07, 6.45) is 0. The van der Waals surface area contributed by atoms with E-state index in [0.29, 0.717) is 11.5 Å². The second-order valence-corrected chi connectivity index (χ2v) is 5.30. The summed E-state index contributed by atoms with van der Waals surface area (Å²) in [7, 11) is 3.27. The number of hydrogen-bond acceptors (Lipinski definition) is 4. The van der Waals surface area contributed by atoms with Crippen LogP contribution in [0.15, 0.2) is 24.3 Å². The van der Waals surface area contributed by atoms with Crippen molar-refractivity contribution in [1.82, 2.24) is 14.6 Å². The van der Waals surface area contributed by atoms with Gasteiger partial charge >= 0.3 is 0 Å². The van der Waals surface area contributed by atoms with Gasteiger partial charge in [-0.2, -0.15) is 5.10 Å². The van der Waals surface area contributed by atoms with Crippen LogP contribution in [0.4, 0.5) is 0 Å². The van der Waals surface area contributed by atoms with Crippen molar-refractivity contribution in [3.8, 4) is 22.6 Å². The van der Waals surface area contributed by atoms with E-state index in [0.717, 1.165) is 33.9 Å². The molecule has 0 aliphatic carbocycles. The highest BCUT2D eigenvalue weighted by molar-refractivity contribution is 5.81. The van der Waals surface area contributed by atoms with Gasteiger partial charge in [-0.25, -0.2) is 9.50 Å².